The van der Waals surface area contributed by atoms with Crippen LogP contribution in [0.1, 0.15) is 15.9 Å². The van der Waals surface area contributed by atoms with E-state index in [4.69, 9.17) is 16.3 Å². The molecule has 0 atom stereocenters. The number of hydrogen-bond donors (Lipinski definition) is 2. The highest BCUT2D eigenvalue weighted by Gasteiger charge is 2.14. The van der Waals surface area contributed by atoms with Crippen LogP contribution in [-0.2, 0) is 11.3 Å². The van der Waals surface area contributed by atoms with Gasteiger partial charge in [-0.05, 0) is 17.7 Å². The van der Waals surface area contributed by atoms with Gasteiger partial charge in [0.05, 0.1) is 10.6 Å². The van der Waals surface area contributed by atoms with Crippen LogP contribution in [0, 0.1) is 0 Å². The number of hydrogen-bond acceptors (Lipinski definition) is 4. The summed E-state index contributed by atoms with van der Waals surface area (Å²) in [7, 11) is 0. The molecule has 0 amide bonds. The van der Waals surface area contributed by atoms with Gasteiger partial charge in [0, 0.05) is 0 Å². The number of benzene rings is 2. The van der Waals surface area contributed by atoms with Gasteiger partial charge in [-0.15, -0.1) is 0 Å². The topological polar surface area (TPSA) is 66.8 Å². The normalized spacial score (nSPS) is 10.2. The molecule has 5 heteroatoms. The molecule has 0 aliphatic heterocycles. The van der Waals surface area contributed by atoms with Gasteiger partial charge in [0.1, 0.15) is 6.61 Å². The first kappa shape index (κ1) is 13.2. The third-order valence-electron chi connectivity index (χ3n) is 2.49. The Kier molecular flexibility index (Phi) is 3.92. The molecule has 0 bridgehead atoms. The van der Waals surface area contributed by atoms with E-state index in [1.807, 2.05) is 30.3 Å². The number of carbonyl (C=O) groups excluding carboxylic acids is 1. The average Bonchev–Trinajstić information content (AvgIpc) is 2.42. The molecule has 2 aromatic rings. The highest BCUT2D eigenvalue weighted by atomic mass is 35.5. The smallest absolute Gasteiger partial charge is 0.338 e. The van der Waals surface area contributed by atoms with Crippen LogP contribution >= 0.6 is 11.6 Å². The standard InChI is InChI=1S/C14H11ClO4/c15-11-6-10(7-12(16)13(11)17)14(18)19-8-9-4-2-1-3-5-9/h1-7,16-17H,8H2. The predicted molar refractivity (Wildman–Crippen MR) is 70.3 cm³/mol. The molecule has 0 saturated heterocycles. The molecular formula is C14H11ClO4. The van der Waals surface area contributed by atoms with Crippen molar-refractivity contribution in [3.63, 3.8) is 0 Å². The zero-order valence-corrected chi connectivity index (χ0v) is 10.6. The van der Waals surface area contributed by atoms with E-state index in [-0.39, 0.29) is 17.2 Å². The highest BCUT2D eigenvalue weighted by molar-refractivity contribution is 6.32. The van der Waals surface area contributed by atoms with Crippen molar-refractivity contribution >= 4 is 17.6 Å². The second-order valence-corrected chi connectivity index (χ2v) is 4.29. The Morgan fingerprint density at radius 3 is 2.47 bits per heavy atom. The Bertz CT molecular complexity index is 573. The van der Waals surface area contributed by atoms with Gasteiger partial charge in [-0.1, -0.05) is 41.9 Å². The molecule has 0 fully saturated rings. The monoisotopic (exact) mass is 278 g/mol. The third kappa shape index (κ3) is 3.17. The van der Waals surface area contributed by atoms with Gasteiger partial charge >= 0.3 is 5.97 Å². The lowest BCUT2D eigenvalue weighted by Gasteiger charge is -2.07. The zero-order chi connectivity index (χ0) is 13.8. The maximum Gasteiger partial charge on any atom is 0.338 e. The van der Waals surface area contributed by atoms with Gasteiger partial charge in [0.25, 0.3) is 0 Å². The Morgan fingerprint density at radius 2 is 1.84 bits per heavy atom. The number of esters is 1. The number of halogens is 1. The summed E-state index contributed by atoms with van der Waals surface area (Å²) in [5.41, 5.74) is 0.932. The van der Waals surface area contributed by atoms with E-state index in [1.54, 1.807) is 0 Å². The summed E-state index contributed by atoms with van der Waals surface area (Å²) in [5, 5.41) is 18.6. The molecule has 0 spiro atoms. The molecule has 19 heavy (non-hydrogen) atoms. The first-order valence-electron chi connectivity index (χ1n) is 5.50. The van der Waals surface area contributed by atoms with Crippen LogP contribution in [0.4, 0.5) is 0 Å². The van der Waals surface area contributed by atoms with Gasteiger partial charge in [0.2, 0.25) is 0 Å². The SMILES string of the molecule is O=C(OCc1ccccc1)c1cc(O)c(O)c(Cl)c1. The maximum atomic E-state index is 11.8. The second kappa shape index (κ2) is 5.63. The molecule has 0 aliphatic carbocycles. The first-order valence-corrected chi connectivity index (χ1v) is 5.88. The van der Waals surface area contributed by atoms with E-state index in [0.717, 1.165) is 11.6 Å². The number of phenols is 2. The molecule has 2 aromatic carbocycles. The second-order valence-electron chi connectivity index (χ2n) is 3.89. The summed E-state index contributed by atoms with van der Waals surface area (Å²) in [6.45, 7) is 0.124. The maximum absolute atomic E-state index is 11.8. The van der Waals surface area contributed by atoms with Crippen molar-refractivity contribution in [1.29, 1.82) is 0 Å². The number of carbonyl (C=O) groups is 1. The predicted octanol–water partition coefficient (Wildman–Crippen LogP) is 3.11. The highest BCUT2D eigenvalue weighted by Crippen LogP contribution is 2.34. The number of aromatic hydroxyl groups is 2. The lowest BCUT2D eigenvalue weighted by molar-refractivity contribution is 0.0472. The molecular weight excluding hydrogens is 268 g/mol. The van der Waals surface area contributed by atoms with Gasteiger partial charge < -0.3 is 14.9 Å². The van der Waals surface area contributed by atoms with E-state index in [0.29, 0.717) is 0 Å². The Morgan fingerprint density at radius 1 is 1.16 bits per heavy atom. The molecule has 2 rings (SSSR count). The van der Waals surface area contributed by atoms with Crippen molar-refractivity contribution in [1.82, 2.24) is 0 Å². The van der Waals surface area contributed by atoms with E-state index >= 15 is 0 Å². The van der Waals surface area contributed by atoms with Crippen LogP contribution in [0.2, 0.25) is 5.02 Å². The van der Waals surface area contributed by atoms with Crippen molar-refractivity contribution in [2.75, 3.05) is 0 Å². The number of rotatable bonds is 3. The molecule has 0 heterocycles. The number of phenolic OH excluding ortho intramolecular Hbond substituents is 2. The summed E-state index contributed by atoms with van der Waals surface area (Å²) >= 11 is 5.66. The van der Waals surface area contributed by atoms with Crippen LogP contribution in [0.5, 0.6) is 11.5 Å². The van der Waals surface area contributed by atoms with Crippen LogP contribution in [0.15, 0.2) is 42.5 Å². The molecule has 0 saturated carbocycles. The van der Waals surface area contributed by atoms with Crippen molar-refractivity contribution in [3.05, 3.63) is 58.6 Å². The molecule has 0 aromatic heterocycles. The van der Waals surface area contributed by atoms with Crippen molar-refractivity contribution in [2.24, 2.45) is 0 Å². The van der Waals surface area contributed by atoms with Gasteiger partial charge in [0.15, 0.2) is 11.5 Å². The van der Waals surface area contributed by atoms with E-state index in [2.05, 4.69) is 0 Å². The quantitative estimate of drug-likeness (QED) is 0.669. The zero-order valence-electron chi connectivity index (χ0n) is 9.84. The Balaban J connectivity index is 2.08. The molecule has 0 radical (unpaired) electrons. The fourth-order valence-electron chi connectivity index (χ4n) is 1.51. The van der Waals surface area contributed by atoms with Crippen LogP contribution < -0.4 is 0 Å². The summed E-state index contributed by atoms with van der Waals surface area (Å²) in [6, 6.07) is 11.5. The largest absolute Gasteiger partial charge is 0.504 e. The van der Waals surface area contributed by atoms with Crippen molar-refractivity contribution < 1.29 is 19.7 Å². The van der Waals surface area contributed by atoms with E-state index < -0.39 is 17.5 Å². The fraction of sp³-hybridized carbons (Fsp3) is 0.0714. The lowest BCUT2D eigenvalue weighted by Crippen LogP contribution is -2.05. The Labute approximate surface area is 114 Å². The molecule has 2 N–H and O–H groups in total. The average molecular weight is 279 g/mol. The summed E-state index contributed by atoms with van der Waals surface area (Å²) < 4.78 is 5.07. The minimum atomic E-state index is -0.624. The third-order valence-corrected chi connectivity index (χ3v) is 2.78. The van der Waals surface area contributed by atoms with Gasteiger partial charge in [-0.2, -0.15) is 0 Å². The number of ether oxygens (including phenoxy) is 1. The van der Waals surface area contributed by atoms with Crippen LogP contribution in [0.3, 0.4) is 0 Å². The fourth-order valence-corrected chi connectivity index (χ4v) is 1.72. The lowest BCUT2D eigenvalue weighted by atomic mass is 10.2. The molecule has 98 valence electrons. The molecule has 0 unspecified atom stereocenters. The minimum Gasteiger partial charge on any atom is -0.504 e. The van der Waals surface area contributed by atoms with Gasteiger partial charge in [-0.3, -0.25) is 0 Å². The first-order chi connectivity index (χ1) is 9.08. The van der Waals surface area contributed by atoms with Gasteiger partial charge in [-0.25, -0.2) is 4.79 Å². The Hall–Kier alpha value is -2.20. The molecule has 4 nitrogen and oxygen atoms in total. The summed E-state index contributed by atoms with van der Waals surface area (Å²) in [4.78, 5) is 11.8. The molecule has 0 aliphatic rings. The minimum absolute atomic E-state index is 0.0798. The van der Waals surface area contributed by atoms with E-state index in [9.17, 15) is 15.0 Å². The summed E-state index contributed by atoms with van der Waals surface area (Å²) in [5.74, 6) is -1.54. The van der Waals surface area contributed by atoms with Crippen molar-refractivity contribution in [2.45, 2.75) is 6.61 Å². The van der Waals surface area contributed by atoms with Crippen LogP contribution in [0.25, 0.3) is 0 Å². The van der Waals surface area contributed by atoms with E-state index in [1.165, 1.54) is 6.07 Å². The van der Waals surface area contributed by atoms with Crippen molar-refractivity contribution in [3.8, 4) is 11.5 Å². The summed E-state index contributed by atoms with van der Waals surface area (Å²) in [6.07, 6.45) is 0. The van der Waals surface area contributed by atoms with Crippen LogP contribution in [-0.4, -0.2) is 16.2 Å².